The average Bonchev–Trinajstić information content (AvgIpc) is 2.93. The van der Waals surface area contributed by atoms with E-state index in [2.05, 4.69) is 78.1 Å². The number of aromatic nitrogens is 1. The minimum Gasteiger partial charge on any atom is -0.390 e. The third-order valence-electron chi connectivity index (χ3n) is 5.43. The van der Waals surface area contributed by atoms with Crippen molar-refractivity contribution in [3.05, 3.63) is 45.3 Å². The largest absolute Gasteiger partial charge is 0.390 e. The first-order chi connectivity index (χ1) is 12.6. The van der Waals surface area contributed by atoms with Crippen LogP contribution in [-0.4, -0.2) is 28.4 Å². The highest BCUT2D eigenvalue weighted by Gasteiger charge is 2.17. The summed E-state index contributed by atoms with van der Waals surface area (Å²) in [4.78, 5) is 0. The van der Waals surface area contributed by atoms with Gasteiger partial charge in [0.2, 0.25) is 0 Å². The second kappa shape index (κ2) is 8.01. The highest BCUT2D eigenvalue weighted by atomic mass is 79.9. The lowest BCUT2D eigenvalue weighted by atomic mass is 9.95. The Hall–Kier alpha value is -0.880. The summed E-state index contributed by atoms with van der Waals surface area (Å²) in [5, 5.41) is 16.7. The molecule has 0 aliphatic heterocycles. The van der Waals surface area contributed by atoms with E-state index in [1.807, 2.05) is 0 Å². The third-order valence-corrected chi connectivity index (χ3v) is 6.42. The summed E-state index contributed by atoms with van der Waals surface area (Å²) >= 11 is 7.18. The molecule has 1 atom stereocenters. The molecule has 0 bridgehead atoms. The van der Waals surface area contributed by atoms with Gasteiger partial charge in [-0.05, 0) is 37.1 Å². The van der Waals surface area contributed by atoms with Gasteiger partial charge < -0.3 is 15.0 Å². The first-order valence-corrected chi connectivity index (χ1v) is 11.0. The van der Waals surface area contributed by atoms with Gasteiger partial charge in [0.25, 0.3) is 0 Å². The van der Waals surface area contributed by atoms with E-state index in [-0.39, 0.29) is 0 Å². The van der Waals surface area contributed by atoms with Crippen LogP contribution in [0.5, 0.6) is 0 Å². The van der Waals surface area contributed by atoms with Gasteiger partial charge >= 0.3 is 0 Å². The summed E-state index contributed by atoms with van der Waals surface area (Å²) in [5.41, 5.74) is 2.31. The third kappa shape index (κ3) is 3.86. The minimum atomic E-state index is -0.409. The van der Waals surface area contributed by atoms with Crippen molar-refractivity contribution in [1.29, 1.82) is 0 Å². The summed E-state index contributed by atoms with van der Waals surface area (Å²) in [6.07, 6.45) is 6.04. The highest BCUT2D eigenvalue weighted by molar-refractivity contribution is 9.10. The van der Waals surface area contributed by atoms with Crippen LogP contribution in [0.3, 0.4) is 0 Å². The maximum absolute atomic E-state index is 10.7. The van der Waals surface area contributed by atoms with Crippen LogP contribution in [0.1, 0.15) is 32.1 Å². The zero-order valence-electron chi connectivity index (χ0n) is 14.7. The van der Waals surface area contributed by atoms with Crippen molar-refractivity contribution in [3.8, 4) is 0 Å². The van der Waals surface area contributed by atoms with Gasteiger partial charge in [-0.25, -0.2) is 0 Å². The SMILES string of the molecule is OC(CNC1CCCCC1)Cn1c2cc(Br)ccc2c2ccc(Br)cc21. The molecular weight excluding hydrogens is 456 g/mol. The van der Waals surface area contributed by atoms with Gasteiger partial charge in [0.15, 0.2) is 0 Å². The van der Waals surface area contributed by atoms with Crippen molar-refractivity contribution in [3.63, 3.8) is 0 Å². The van der Waals surface area contributed by atoms with Crippen LogP contribution in [0, 0.1) is 0 Å². The maximum Gasteiger partial charge on any atom is 0.0843 e. The lowest BCUT2D eigenvalue weighted by Gasteiger charge is -2.24. The molecule has 138 valence electrons. The molecule has 1 heterocycles. The van der Waals surface area contributed by atoms with Gasteiger partial charge in [0, 0.05) is 32.3 Å². The van der Waals surface area contributed by atoms with E-state index < -0.39 is 6.10 Å². The number of hydrogen-bond donors (Lipinski definition) is 2. The molecule has 1 aromatic heterocycles. The maximum atomic E-state index is 10.7. The molecule has 3 nitrogen and oxygen atoms in total. The Morgan fingerprint density at radius 1 is 0.962 bits per heavy atom. The molecule has 1 unspecified atom stereocenters. The molecule has 26 heavy (non-hydrogen) atoms. The predicted octanol–water partition coefficient (Wildman–Crippen LogP) is 5.60. The molecule has 3 aromatic rings. The fraction of sp³-hybridized carbons (Fsp3) is 0.429. The molecule has 5 heteroatoms. The van der Waals surface area contributed by atoms with Crippen molar-refractivity contribution >= 4 is 53.7 Å². The number of fused-ring (bicyclic) bond motifs is 3. The monoisotopic (exact) mass is 478 g/mol. The Morgan fingerprint density at radius 2 is 1.54 bits per heavy atom. The summed E-state index contributed by atoms with van der Waals surface area (Å²) in [6.45, 7) is 1.24. The standard InChI is InChI=1S/C21H24Br2N2O/c22-14-6-8-18-19-9-7-15(23)11-21(19)25(20(18)10-14)13-17(26)12-24-16-4-2-1-3-5-16/h6-11,16-17,24,26H,1-5,12-13H2. The van der Waals surface area contributed by atoms with Crippen LogP contribution in [0.2, 0.25) is 0 Å². The summed E-state index contributed by atoms with van der Waals surface area (Å²) in [6, 6.07) is 13.3. The summed E-state index contributed by atoms with van der Waals surface area (Å²) in [5.74, 6) is 0. The Bertz CT molecular complexity index is 856. The van der Waals surface area contributed by atoms with Gasteiger partial charge in [-0.1, -0.05) is 63.3 Å². The second-order valence-electron chi connectivity index (χ2n) is 7.33. The van der Waals surface area contributed by atoms with E-state index in [0.717, 1.165) is 20.0 Å². The Morgan fingerprint density at radius 3 is 2.12 bits per heavy atom. The number of nitrogens with zero attached hydrogens (tertiary/aromatic N) is 1. The Kier molecular flexibility index (Phi) is 5.69. The molecule has 4 rings (SSSR count). The van der Waals surface area contributed by atoms with Crippen LogP contribution in [-0.2, 0) is 6.54 Å². The highest BCUT2D eigenvalue weighted by Crippen LogP contribution is 2.33. The van der Waals surface area contributed by atoms with Crippen LogP contribution in [0.25, 0.3) is 21.8 Å². The smallest absolute Gasteiger partial charge is 0.0843 e. The lowest BCUT2D eigenvalue weighted by Crippen LogP contribution is -2.38. The number of aliphatic hydroxyl groups excluding tert-OH is 1. The van der Waals surface area contributed by atoms with Gasteiger partial charge in [0.05, 0.1) is 23.7 Å². The average molecular weight is 480 g/mol. The van der Waals surface area contributed by atoms with E-state index in [1.54, 1.807) is 0 Å². The van der Waals surface area contributed by atoms with Gasteiger partial charge in [-0.3, -0.25) is 0 Å². The number of hydrogen-bond acceptors (Lipinski definition) is 2. The summed E-state index contributed by atoms with van der Waals surface area (Å²) in [7, 11) is 0. The zero-order chi connectivity index (χ0) is 18.1. The van der Waals surface area contributed by atoms with Crippen LogP contribution in [0.15, 0.2) is 45.3 Å². The topological polar surface area (TPSA) is 37.2 Å². The first-order valence-electron chi connectivity index (χ1n) is 9.40. The van der Waals surface area contributed by atoms with Crippen molar-refractivity contribution in [2.75, 3.05) is 6.54 Å². The molecule has 0 saturated heterocycles. The summed E-state index contributed by atoms with van der Waals surface area (Å²) < 4.78 is 4.36. The first kappa shape index (κ1) is 18.5. The molecule has 0 radical (unpaired) electrons. The Balaban J connectivity index is 1.61. The predicted molar refractivity (Wildman–Crippen MR) is 116 cm³/mol. The Labute approximate surface area is 171 Å². The van der Waals surface area contributed by atoms with E-state index in [4.69, 9.17) is 0 Å². The molecule has 2 N–H and O–H groups in total. The van der Waals surface area contributed by atoms with Crippen LogP contribution >= 0.6 is 31.9 Å². The number of benzene rings is 2. The van der Waals surface area contributed by atoms with Crippen molar-refractivity contribution < 1.29 is 5.11 Å². The molecule has 1 aliphatic carbocycles. The fourth-order valence-electron chi connectivity index (χ4n) is 4.12. The molecule has 1 fully saturated rings. The molecule has 1 saturated carbocycles. The quantitative estimate of drug-likeness (QED) is 0.499. The van der Waals surface area contributed by atoms with E-state index in [0.29, 0.717) is 19.1 Å². The van der Waals surface area contributed by atoms with Crippen molar-refractivity contribution in [1.82, 2.24) is 9.88 Å². The molecule has 0 spiro atoms. The van der Waals surface area contributed by atoms with Crippen molar-refractivity contribution in [2.45, 2.75) is 50.8 Å². The van der Waals surface area contributed by atoms with Gasteiger partial charge in [-0.2, -0.15) is 0 Å². The molecule has 1 aliphatic rings. The second-order valence-corrected chi connectivity index (χ2v) is 9.16. The zero-order valence-corrected chi connectivity index (χ0v) is 17.9. The minimum absolute atomic E-state index is 0.409. The fourth-order valence-corrected chi connectivity index (χ4v) is 4.82. The molecule has 2 aromatic carbocycles. The van der Waals surface area contributed by atoms with E-state index in [1.165, 1.54) is 42.9 Å². The normalized spacial score (nSPS) is 17.2. The molecular formula is C21H24Br2N2O. The molecule has 0 amide bonds. The van der Waals surface area contributed by atoms with Crippen LogP contribution in [0.4, 0.5) is 0 Å². The number of halogens is 2. The van der Waals surface area contributed by atoms with Crippen LogP contribution < -0.4 is 5.32 Å². The number of aliphatic hydroxyl groups is 1. The number of rotatable bonds is 5. The lowest BCUT2D eigenvalue weighted by molar-refractivity contribution is 0.147. The van der Waals surface area contributed by atoms with E-state index >= 15 is 0 Å². The van der Waals surface area contributed by atoms with E-state index in [9.17, 15) is 5.11 Å². The number of nitrogens with one attached hydrogen (secondary N) is 1. The van der Waals surface area contributed by atoms with Gasteiger partial charge in [0.1, 0.15) is 0 Å². The van der Waals surface area contributed by atoms with Gasteiger partial charge in [-0.15, -0.1) is 0 Å². The van der Waals surface area contributed by atoms with Crippen molar-refractivity contribution in [2.24, 2.45) is 0 Å².